The van der Waals surface area contributed by atoms with Crippen LogP contribution in [0.25, 0.3) is 0 Å². The predicted octanol–water partition coefficient (Wildman–Crippen LogP) is 0.416. The van der Waals surface area contributed by atoms with Crippen molar-refractivity contribution in [1.82, 2.24) is 40.4 Å². The van der Waals surface area contributed by atoms with Crippen LogP contribution in [0.15, 0.2) is 24.5 Å². The van der Waals surface area contributed by atoms with Gasteiger partial charge in [0, 0.05) is 78.7 Å². The van der Waals surface area contributed by atoms with Gasteiger partial charge >= 0.3 is 178 Å². The molecule has 0 spiro atoms. The summed E-state index contributed by atoms with van der Waals surface area (Å²) in [5, 5.41) is 18.2. The number of carbonyl (C=O) groups is 3. The van der Waals surface area contributed by atoms with Crippen molar-refractivity contribution >= 4 is 168 Å². The van der Waals surface area contributed by atoms with Gasteiger partial charge in [-0.15, -0.1) is 0 Å². The fourth-order valence-corrected chi connectivity index (χ4v) is 4.39. The van der Waals surface area contributed by atoms with Crippen LogP contribution >= 0.6 is 0 Å². The van der Waals surface area contributed by atoms with E-state index in [-0.39, 0.29) is 83.9 Å². The van der Waals surface area contributed by atoms with Crippen molar-refractivity contribution in [3.63, 3.8) is 0 Å². The molecule has 0 bridgehead atoms. The Labute approximate surface area is 509 Å². The van der Waals surface area contributed by atoms with E-state index in [1.54, 1.807) is 46.5 Å². The second-order valence-corrected chi connectivity index (χ2v) is 13.3. The molecule has 0 aliphatic heterocycles. The fraction of sp³-hybridized carbons (Fsp3) is 0.595. The Bertz CT molecular complexity index is 1670. The summed E-state index contributed by atoms with van der Waals surface area (Å²) in [7, 11) is 9.04. The molecule has 2 heterocycles. The maximum atomic E-state index is 12.3. The number of nitrogens with one attached hydrogen (secondary N) is 6. The first kappa shape index (κ1) is 71.3. The first-order chi connectivity index (χ1) is 28.9. The van der Waals surface area contributed by atoms with Crippen LogP contribution in [0, 0.1) is 29.6 Å². The Kier molecular flexibility index (Phi) is 56.1. The van der Waals surface area contributed by atoms with E-state index < -0.39 is 6.04 Å². The minimum atomic E-state index is -0.548. The number of hydrogen-bond donors (Lipinski definition) is 6. The summed E-state index contributed by atoms with van der Waals surface area (Å²) in [6.07, 6.45) is 12.5. The second-order valence-electron chi connectivity index (χ2n) is 13.3. The van der Waals surface area contributed by atoms with Gasteiger partial charge in [0.2, 0.25) is 29.6 Å². The number of amides is 3. The van der Waals surface area contributed by atoms with Crippen molar-refractivity contribution < 1.29 is 67.2 Å². The van der Waals surface area contributed by atoms with Crippen molar-refractivity contribution in [2.24, 2.45) is 5.92 Å². The number of hydrogen-bond acceptors (Lipinski definition) is 12. The molecular formula is C42H71K5N12O3. The summed E-state index contributed by atoms with van der Waals surface area (Å²) in [4.78, 5) is 56.8. The van der Waals surface area contributed by atoms with Crippen molar-refractivity contribution in [2.45, 2.75) is 93.0 Å². The van der Waals surface area contributed by atoms with Gasteiger partial charge in [0.05, 0.1) is 23.5 Å². The van der Waals surface area contributed by atoms with Gasteiger partial charge in [-0.1, -0.05) is 64.9 Å². The third-order valence-electron chi connectivity index (χ3n) is 8.21. The molecule has 15 nitrogen and oxygen atoms in total. The van der Waals surface area contributed by atoms with E-state index in [4.69, 9.17) is 0 Å². The molecule has 6 N–H and O–H groups in total. The summed E-state index contributed by atoms with van der Waals surface area (Å²) in [6.45, 7) is 13.3. The first-order valence-corrected chi connectivity index (χ1v) is 53.6. The molecule has 2 aromatic rings. The molecular weight excluding hydrogens is 916 g/mol. The minimum absolute atomic E-state index is 0. The zero-order valence-electron chi connectivity index (χ0n) is 41.4. The monoisotopic (exact) mass is 986 g/mol. The van der Waals surface area contributed by atoms with E-state index in [0.717, 1.165) is 62.1 Å². The second kappa shape index (κ2) is 48.8. The topological polar surface area (TPSA) is 181 Å². The van der Waals surface area contributed by atoms with Gasteiger partial charge in [0.1, 0.15) is 17.7 Å². The number of anilines is 4. The Morgan fingerprint density at radius 3 is 1.58 bits per heavy atom. The van der Waals surface area contributed by atoms with Crippen LogP contribution in [0.3, 0.4) is 0 Å². The van der Waals surface area contributed by atoms with Crippen molar-refractivity contribution in [1.29, 1.82) is 0 Å². The van der Waals surface area contributed by atoms with Crippen LogP contribution in [0.2, 0.25) is 0 Å². The Hall–Kier alpha value is 2.77. The zero-order chi connectivity index (χ0) is 45.7. The molecule has 2 rings (SSSR count). The summed E-state index contributed by atoms with van der Waals surface area (Å²) < 4.78 is 0. The van der Waals surface area contributed by atoms with Crippen LogP contribution in [0.5, 0.6) is 0 Å². The summed E-state index contributed by atoms with van der Waals surface area (Å²) >= 11 is 5.00. The summed E-state index contributed by atoms with van der Waals surface area (Å²) in [6, 6.07) is -0.548. The molecule has 0 unspecified atom stereocenters. The van der Waals surface area contributed by atoms with Gasteiger partial charge in [-0.25, -0.2) is 9.97 Å². The Morgan fingerprint density at radius 2 is 1.19 bits per heavy atom. The Balaban J connectivity index is -0.000000325. The Morgan fingerprint density at radius 1 is 0.758 bits per heavy atom. The molecule has 2 atom stereocenters. The third-order valence-corrected chi connectivity index (χ3v) is 8.21. The summed E-state index contributed by atoms with van der Waals surface area (Å²) in [5.74, 6) is 14.9. The molecule has 2 aromatic heterocycles. The van der Waals surface area contributed by atoms with Crippen molar-refractivity contribution in [3.05, 3.63) is 35.7 Å². The molecule has 322 valence electrons. The van der Waals surface area contributed by atoms with Crippen molar-refractivity contribution in [2.75, 3.05) is 89.2 Å². The number of likely N-dealkylation sites (N-methyl/N-ethyl adjacent to an activating group) is 2. The number of unbranched alkanes of at least 4 members (excludes halogenated alkanes) is 2. The molecule has 3 amide bonds. The van der Waals surface area contributed by atoms with E-state index in [1.165, 1.54) is 137 Å². The zero-order valence-corrected chi connectivity index (χ0v) is 56.0. The van der Waals surface area contributed by atoms with Gasteiger partial charge in [-0.3, -0.25) is 14.4 Å². The number of rotatable bonds is 21. The van der Waals surface area contributed by atoms with Crippen LogP contribution in [-0.2, 0) is 14.4 Å². The molecule has 62 heavy (non-hydrogen) atoms. The number of nitrogens with zero attached hydrogens (tertiary/aromatic N) is 6. The predicted molar refractivity (Wildman–Crippen MR) is 259 cm³/mol. The fourth-order valence-electron chi connectivity index (χ4n) is 4.39. The van der Waals surface area contributed by atoms with E-state index in [9.17, 15) is 14.4 Å². The normalized spacial score (nSPS) is 10.6. The molecule has 0 aliphatic carbocycles. The average Bonchev–Trinajstić information content (AvgIpc) is 3.27. The van der Waals surface area contributed by atoms with Gasteiger partial charge in [-0.05, 0) is 53.1 Å². The molecule has 0 aromatic carbocycles. The van der Waals surface area contributed by atoms with Crippen LogP contribution < -0.4 is 83.3 Å². The SMILES string of the molecule is C.CCCNc1nc(NC)ncc1C#CCCCNC(=O)[C@H](C)CC.CCCNc1nc(NC)ncc1C#CCCCNC(=O)[C@H](C)N(C)C(=O)/C=C/CN(C)C.[H-].[K+].[K][K].[K][K]. The van der Waals surface area contributed by atoms with Crippen LogP contribution in [0.4, 0.5) is 23.5 Å². The van der Waals surface area contributed by atoms with Crippen LogP contribution in [-0.4, -0.2) is 248 Å². The number of carbonyl (C=O) groups excluding carboxylic acids is 3. The maximum absolute atomic E-state index is 12.3. The quantitative estimate of drug-likeness (QED) is 0.0440. The molecule has 0 saturated carbocycles. The summed E-state index contributed by atoms with van der Waals surface area (Å²) in [5.41, 5.74) is 1.55. The molecule has 0 radical (unpaired) electrons. The number of aromatic nitrogens is 4. The standard InChI is InChI=1S/C23H37N7O2.C18H29N5O.CH4.5K.H/c1-7-14-25-21-19(17-27-23(24-3)28-21)12-9-8-10-15-26-22(32)18(2)30(6)20(31)13-11-16-29(4)5;1-5-11-20-16-15(13-22-18(19-4)23-16)10-8-7-9-12-21-17(24)14(3)6-2;;;;;;;/h11,13,17-18H,7-8,10,14-16H2,1-6H3,(H,26,32)(H2,24,25,27,28);13-14H,5-7,9,11-12H2,1-4H3,(H,21,24)(H2,19,20,22,23);1H4;;;;;;/q;;;;;;;+1;-1/b13-11+;;;;;;;;/t18-;14-;;;;;;;/m01......./s1. The van der Waals surface area contributed by atoms with Gasteiger partial charge in [-0.2, -0.15) is 9.97 Å². The molecule has 0 aliphatic rings. The van der Waals surface area contributed by atoms with E-state index in [2.05, 4.69) is 89.4 Å². The van der Waals surface area contributed by atoms with E-state index >= 15 is 0 Å². The molecule has 0 saturated heterocycles. The van der Waals surface area contributed by atoms with E-state index in [0.29, 0.717) is 50.2 Å². The van der Waals surface area contributed by atoms with Gasteiger partial charge < -0.3 is 43.1 Å². The van der Waals surface area contributed by atoms with E-state index in [1.807, 2.05) is 32.8 Å². The molecule has 20 heteroatoms. The average molecular weight is 988 g/mol. The third kappa shape index (κ3) is 35.0. The van der Waals surface area contributed by atoms with Gasteiger partial charge in [0.15, 0.2) is 0 Å². The first-order valence-electron chi connectivity index (χ1n) is 21.6. The molecule has 0 fully saturated rings. The van der Waals surface area contributed by atoms with Crippen LogP contribution in [0.1, 0.15) is 99.5 Å². The van der Waals surface area contributed by atoms with Crippen molar-refractivity contribution in [3.8, 4) is 23.7 Å². The van der Waals surface area contributed by atoms with Gasteiger partial charge in [0.25, 0.3) is 0 Å².